The van der Waals surface area contributed by atoms with Crippen LogP contribution in [-0.2, 0) is 11.3 Å². The summed E-state index contributed by atoms with van der Waals surface area (Å²) in [5.41, 5.74) is 3.65. The van der Waals surface area contributed by atoms with Crippen LogP contribution in [0, 0.1) is 6.92 Å². The van der Waals surface area contributed by atoms with E-state index in [0.717, 1.165) is 17.1 Å². The van der Waals surface area contributed by atoms with Crippen LogP contribution in [0.4, 0.5) is 5.82 Å². The van der Waals surface area contributed by atoms with Crippen LogP contribution in [0.3, 0.4) is 0 Å². The molecule has 2 aromatic carbocycles. The third-order valence-corrected chi connectivity index (χ3v) is 6.33. The third kappa shape index (κ3) is 4.39. The molecule has 1 aliphatic rings. The zero-order valence-electron chi connectivity index (χ0n) is 19.1. The van der Waals surface area contributed by atoms with Crippen molar-refractivity contribution in [2.75, 3.05) is 31.1 Å². The van der Waals surface area contributed by atoms with Gasteiger partial charge in [-0.3, -0.25) is 14.2 Å². The normalized spacial score (nSPS) is 13.9. The summed E-state index contributed by atoms with van der Waals surface area (Å²) < 4.78 is 1.52. The number of fused-ring (bicyclic) bond motifs is 1. The van der Waals surface area contributed by atoms with E-state index in [4.69, 9.17) is 0 Å². The number of hydrogen-bond acceptors (Lipinski definition) is 6. The van der Waals surface area contributed by atoms with E-state index in [-0.39, 0.29) is 17.9 Å². The van der Waals surface area contributed by atoms with Crippen LogP contribution in [0.2, 0.25) is 0 Å². The fourth-order valence-electron chi connectivity index (χ4n) is 4.32. The van der Waals surface area contributed by atoms with Crippen molar-refractivity contribution in [3.8, 4) is 11.3 Å². The molecule has 1 saturated heterocycles. The number of hydrogen-bond donors (Lipinski definition) is 0. The van der Waals surface area contributed by atoms with Crippen LogP contribution in [0.1, 0.15) is 12.0 Å². The van der Waals surface area contributed by atoms with Crippen LogP contribution in [0.25, 0.3) is 22.2 Å². The predicted octanol–water partition coefficient (Wildman–Crippen LogP) is 2.90. The molecule has 0 atom stereocenters. The van der Waals surface area contributed by atoms with Crippen LogP contribution < -0.4 is 10.5 Å². The lowest BCUT2D eigenvalue weighted by Gasteiger charge is -2.35. The molecule has 0 saturated carbocycles. The van der Waals surface area contributed by atoms with Gasteiger partial charge < -0.3 is 9.80 Å². The molecule has 5 rings (SSSR count). The van der Waals surface area contributed by atoms with E-state index in [1.54, 1.807) is 6.07 Å². The maximum Gasteiger partial charge on any atom is 0.261 e. The predicted molar refractivity (Wildman–Crippen MR) is 132 cm³/mol. The van der Waals surface area contributed by atoms with Crippen molar-refractivity contribution in [3.05, 3.63) is 82.9 Å². The fourth-order valence-corrected chi connectivity index (χ4v) is 4.32. The van der Waals surface area contributed by atoms with Crippen LogP contribution >= 0.6 is 0 Å². The van der Waals surface area contributed by atoms with Gasteiger partial charge in [0.05, 0.1) is 22.9 Å². The number of piperazine rings is 1. The lowest BCUT2D eigenvalue weighted by molar-refractivity contribution is -0.131. The van der Waals surface area contributed by atoms with Gasteiger partial charge in [-0.2, -0.15) is 0 Å². The zero-order valence-corrected chi connectivity index (χ0v) is 19.1. The van der Waals surface area contributed by atoms with Crippen molar-refractivity contribution in [1.29, 1.82) is 0 Å². The van der Waals surface area contributed by atoms with Gasteiger partial charge in [0.25, 0.3) is 5.56 Å². The Morgan fingerprint density at radius 1 is 0.912 bits per heavy atom. The number of aromatic nitrogens is 4. The minimum Gasteiger partial charge on any atom is -0.352 e. The SMILES string of the molecule is Cc1ccccc1-c1ccc(N2CCN(C(=O)CCn3cnc4ccccc4c3=O)CC2)nn1. The summed E-state index contributed by atoms with van der Waals surface area (Å²) in [6.07, 6.45) is 1.79. The number of amides is 1. The Morgan fingerprint density at radius 3 is 2.44 bits per heavy atom. The third-order valence-electron chi connectivity index (χ3n) is 6.33. The molecule has 172 valence electrons. The molecule has 8 nitrogen and oxygen atoms in total. The molecule has 0 aliphatic carbocycles. The average Bonchev–Trinajstić information content (AvgIpc) is 2.89. The van der Waals surface area contributed by atoms with Crippen molar-refractivity contribution >= 4 is 22.6 Å². The minimum absolute atomic E-state index is 0.0423. The first-order valence-electron chi connectivity index (χ1n) is 11.5. The highest BCUT2D eigenvalue weighted by Crippen LogP contribution is 2.22. The lowest BCUT2D eigenvalue weighted by atomic mass is 10.1. The van der Waals surface area contributed by atoms with E-state index < -0.39 is 0 Å². The number of aryl methyl sites for hydroxylation is 2. The molecule has 0 bridgehead atoms. The Balaban J connectivity index is 1.17. The Hall–Kier alpha value is -4.07. The summed E-state index contributed by atoms with van der Waals surface area (Å²) in [7, 11) is 0. The van der Waals surface area contributed by atoms with E-state index in [1.165, 1.54) is 16.5 Å². The number of carbonyl (C=O) groups is 1. The topological polar surface area (TPSA) is 84.2 Å². The molecule has 3 heterocycles. The first-order chi connectivity index (χ1) is 16.6. The highest BCUT2D eigenvalue weighted by Gasteiger charge is 2.22. The first-order valence-corrected chi connectivity index (χ1v) is 11.5. The maximum atomic E-state index is 12.8. The quantitative estimate of drug-likeness (QED) is 0.461. The van der Waals surface area contributed by atoms with Gasteiger partial charge in [0.15, 0.2) is 5.82 Å². The molecule has 0 unspecified atom stereocenters. The van der Waals surface area contributed by atoms with Crippen molar-refractivity contribution in [3.63, 3.8) is 0 Å². The summed E-state index contributed by atoms with van der Waals surface area (Å²) in [6.45, 7) is 5.01. The van der Waals surface area contributed by atoms with Gasteiger partial charge in [0.2, 0.25) is 5.91 Å². The van der Waals surface area contributed by atoms with Gasteiger partial charge in [-0.05, 0) is 36.8 Å². The second kappa shape index (κ2) is 9.43. The molecular formula is C26H26N6O2. The van der Waals surface area contributed by atoms with E-state index in [0.29, 0.717) is 43.6 Å². The summed E-state index contributed by atoms with van der Waals surface area (Å²) in [6, 6.07) is 19.4. The molecule has 0 radical (unpaired) electrons. The van der Waals surface area contributed by atoms with Crippen LogP contribution in [0.5, 0.6) is 0 Å². The zero-order chi connectivity index (χ0) is 23.5. The molecule has 4 aromatic rings. The summed E-state index contributed by atoms with van der Waals surface area (Å²) in [4.78, 5) is 33.7. The van der Waals surface area contributed by atoms with Gasteiger partial charge in [-0.1, -0.05) is 36.4 Å². The molecule has 1 amide bonds. The lowest BCUT2D eigenvalue weighted by Crippen LogP contribution is -2.49. The van der Waals surface area contributed by atoms with Crippen molar-refractivity contribution < 1.29 is 4.79 Å². The van der Waals surface area contributed by atoms with E-state index in [1.807, 2.05) is 53.4 Å². The van der Waals surface area contributed by atoms with Gasteiger partial charge in [-0.25, -0.2) is 4.98 Å². The molecule has 1 aliphatic heterocycles. The van der Waals surface area contributed by atoms with Crippen molar-refractivity contribution in [2.24, 2.45) is 0 Å². The number of benzene rings is 2. The molecule has 34 heavy (non-hydrogen) atoms. The van der Waals surface area contributed by atoms with Crippen molar-refractivity contribution in [2.45, 2.75) is 19.9 Å². The van der Waals surface area contributed by atoms with Gasteiger partial charge >= 0.3 is 0 Å². The second-order valence-corrected chi connectivity index (χ2v) is 8.47. The molecule has 2 aromatic heterocycles. The summed E-state index contributed by atoms with van der Waals surface area (Å²) >= 11 is 0. The Kier molecular flexibility index (Phi) is 6.03. The van der Waals surface area contributed by atoms with Gasteiger partial charge in [0.1, 0.15) is 0 Å². The highest BCUT2D eigenvalue weighted by molar-refractivity contribution is 5.78. The average molecular weight is 455 g/mol. The minimum atomic E-state index is -0.115. The largest absolute Gasteiger partial charge is 0.352 e. The first kappa shape index (κ1) is 21.8. The standard InChI is InChI=1S/C26H26N6O2/c1-19-6-2-3-7-20(19)23-10-11-24(29-28-23)30-14-16-31(17-15-30)25(33)12-13-32-18-27-22-9-5-4-8-21(22)26(32)34/h2-11,18H,12-17H2,1H3. The van der Waals surface area contributed by atoms with E-state index in [9.17, 15) is 9.59 Å². The summed E-state index contributed by atoms with van der Waals surface area (Å²) in [5, 5.41) is 9.42. The molecule has 1 fully saturated rings. The van der Waals surface area contributed by atoms with E-state index in [2.05, 4.69) is 33.1 Å². The number of para-hydroxylation sites is 1. The van der Waals surface area contributed by atoms with Gasteiger partial charge in [-0.15, -0.1) is 10.2 Å². The monoisotopic (exact) mass is 454 g/mol. The van der Waals surface area contributed by atoms with Crippen LogP contribution in [0.15, 0.2) is 71.8 Å². The number of nitrogens with zero attached hydrogens (tertiary/aromatic N) is 6. The number of rotatable bonds is 5. The molecule has 8 heteroatoms. The van der Waals surface area contributed by atoms with Crippen LogP contribution in [-0.4, -0.2) is 56.7 Å². The highest BCUT2D eigenvalue weighted by atomic mass is 16.2. The van der Waals surface area contributed by atoms with Crippen molar-refractivity contribution in [1.82, 2.24) is 24.6 Å². The summed E-state index contributed by atoms with van der Waals surface area (Å²) in [5.74, 6) is 0.860. The van der Waals surface area contributed by atoms with Gasteiger partial charge in [0, 0.05) is 44.7 Å². The molecule has 0 N–H and O–H groups in total. The fraction of sp³-hybridized carbons (Fsp3) is 0.269. The Labute approximate surface area is 197 Å². The Bertz CT molecular complexity index is 1370. The Morgan fingerprint density at radius 2 is 1.68 bits per heavy atom. The second-order valence-electron chi connectivity index (χ2n) is 8.47. The van der Waals surface area contributed by atoms with E-state index >= 15 is 0 Å². The molecular weight excluding hydrogens is 428 g/mol. The smallest absolute Gasteiger partial charge is 0.261 e. The molecule has 0 spiro atoms. The number of carbonyl (C=O) groups excluding carboxylic acids is 1. The maximum absolute atomic E-state index is 12.8. The number of anilines is 1.